The van der Waals surface area contributed by atoms with Gasteiger partial charge in [0.15, 0.2) is 29.1 Å². The van der Waals surface area contributed by atoms with E-state index in [-0.39, 0.29) is 0 Å². The predicted octanol–water partition coefficient (Wildman–Crippen LogP) is 21.4. The number of benzene rings is 12. The summed E-state index contributed by atoms with van der Waals surface area (Å²) in [6.07, 6.45) is 0. The van der Waals surface area contributed by atoms with Crippen molar-refractivity contribution in [2.75, 3.05) is 0 Å². The molecule has 0 aliphatic rings. The third-order valence-corrected chi connectivity index (χ3v) is 20.9. The summed E-state index contributed by atoms with van der Waals surface area (Å²) < 4.78 is 12.1. The molecule has 414 valence electrons. The van der Waals surface area contributed by atoms with Crippen LogP contribution < -0.4 is 0 Å². The van der Waals surface area contributed by atoms with Gasteiger partial charge in [0.2, 0.25) is 5.95 Å². The molecule has 19 rings (SSSR count). The van der Waals surface area contributed by atoms with Gasteiger partial charge in [0.05, 0.1) is 22.1 Å². The lowest BCUT2D eigenvalue weighted by Gasteiger charge is -2.15. The highest BCUT2D eigenvalue weighted by Crippen LogP contribution is 2.46. The smallest absolute Gasteiger partial charge is 0.238 e. The topological polar surface area (TPSA) is 87.2 Å². The van der Waals surface area contributed by atoms with Crippen LogP contribution in [0.15, 0.2) is 267 Å². The standard InChI is InChI=1S/C78H44N8S3/c1-3-17-45(18-4-1)73-79-74(46-19-5-2-6-20-46)81-77(80-73)51-39-50(47-31-36-68-58(42-47)53-21-9-14-28-65(53)87-68)40-52(41-51)85-61-26-12-7-24-56(61)71-63(85)34-35-64-72(71)57-25-8-13-27-62(57)86(64)78-83-75(48-32-37-69-59(43-48)54-22-10-15-29-66(54)88-69)82-76(84-78)49-33-38-70-60(44-49)55-23-11-16-30-67(55)89-70/h1-44H. The molecule has 0 spiro atoms. The van der Waals surface area contributed by atoms with E-state index in [1.54, 1.807) is 0 Å². The molecule has 0 saturated carbocycles. The minimum Gasteiger partial charge on any atom is -0.309 e. The highest BCUT2D eigenvalue weighted by Gasteiger charge is 2.25. The monoisotopic (exact) mass is 1190 g/mol. The number of thiophene rings is 3. The first-order valence-corrected chi connectivity index (χ1v) is 32.0. The van der Waals surface area contributed by atoms with Gasteiger partial charge in [0.1, 0.15) is 0 Å². The zero-order chi connectivity index (χ0) is 58.3. The van der Waals surface area contributed by atoms with E-state index in [0.717, 1.165) is 88.2 Å². The summed E-state index contributed by atoms with van der Waals surface area (Å²) in [5.74, 6) is 3.54. The van der Waals surface area contributed by atoms with Gasteiger partial charge in [-0.25, -0.2) is 19.9 Å². The third-order valence-electron chi connectivity index (χ3n) is 17.4. The van der Waals surface area contributed by atoms with Crippen LogP contribution in [0, 0.1) is 0 Å². The van der Waals surface area contributed by atoms with Gasteiger partial charge in [-0.3, -0.25) is 4.57 Å². The van der Waals surface area contributed by atoms with Gasteiger partial charge in [0, 0.05) is 116 Å². The summed E-state index contributed by atoms with van der Waals surface area (Å²) in [7, 11) is 0. The maximum Gasteiger partial charge on any atom is 0.238 e. The summed E-state index contributed by atoms with van der Waals surface area (Å²) in [5, 5.41) is 11.8. The number of para-hydroxylation sites is 2. The number of hydrogen-bond acceptors (Lipinski definition) is 9. The second kappa shape index (κ2) is 19.7. The van der Waals surface area contributed by atoms with Crippen LogP contribution >= 0.6 is 34.0 Å². The number of fused-ring (bicyclic) bond motifs is 16. The first-order chi connectivity index (χ1) is 44.1. The van der Waals surface area contributed by atoms with Gasteiger partial charge >= 0.3 is 0 Å². The van der Waals surface area contributed by atoms with Crippen molar-refractivity contribution in [2.24, 2.45) is 0 Å². The van der Waals surface area contributed by atoms with Gasteiger partial charge in [-0.15, -0.1) is 34.0 Å². The Morgan fingerprint density at radius 1 is 0.213 bits per heavy atom. The molecular weight excluding hydrogens is 1150 g/mol. The van der Waals surface area contributed by atoms with Crippen LogP contribution in [0.2, 0.25) is 0 Å². The van der Waals surface area contributed by atoms with Gasteiger partial charge < -0.3 is 4.57 Å². The summed E-state index contributed by atoms with van der Waals surface area (Å²) in [4.78, 5) is 32.2. The highest BCUT2D eigenvalue weighted by molar-refractivity contribution is 7.26. The Morgan fingerprint density at radius 2 is 0.573 bits per heavy atom. The summed E-state index contributed by atoms with van der Waals surface area (Å²) in [6.45, 7) is 0. The van der Waals surface area contributed by atoms with Crippen molar-refractivity contribution >= 4 is 138 Å². The van der Waals surface area contributed by atoms with E-state index < -0.39 is 0 Å². The van der Waals surface area contributed by atoms with Crippen LogP contribution in [-0.2, 0) is 0 Å². The lowest BCUT2D eigenvalue weighted by Crippen LogP contribution is -2.06. The van der Waals surface area contributed by atoms with Gasteiger partial charge in [-0.05, 0) is 120 Å². The first kappa shape index (κ1) is 50.1. The van der Waals surface area contributed by atoms with Crippen molar-refractivity contribution in [2.45, 2.75) is 0 Å². The van der Waals surface area contributed by atoms with Crippen LogP contribution in [0.5, 0.6) is 0 Å². The van der Waals surface area contributed by atoms with Gasteiger partial charge in [-0.2, -0.15) is 9.97 Å². The molecule has 89 heavy (non-hydrogen) atoms. The highest BCUT2D eigenvalue weighted by atomic mass is 32.1. The Morgan fingerprint density at radius 3 is 1.07 bits per heavy atom. The van der Waals surface area contributed by atoms with Crippen molar-refractivity contribution in [1.82, 2.24) is 39.0 Å². The second-order valence-electron chi connectivity index (χ2n) is 22.6. The Balaban J connectivity index is 0.856. The SMILES string of the molecule is c1ccc(-c2nc(-c3ccccc3)nc(-c3cc(-c4ccc5sc6ccccc6c5c4)cc(-n4c5ccccc5c5c6c7ccccc7n(-c7nc(-c8ccc9sc%10ccccc%10c9c8)nc(-c8ccc9sc%10ccccc%10c9c8)n7)c6ccc54)c3)n2)cc1. The first-order valence-electron chi connectivity index (χ1n) is 29.6. The molecule has 0 bridgehead atoms. The van der Waals surface area contributed by atoms with Crippen molar-refractivity contribution in [3.8, 4) is 79.7 Å². The maximum absolute atomic E-state index is 5.53. The van der Waals surface area contributed by atoms with E-state index in [1.165, 1.54) is 60.5 Å². The Hall–Kier alpha value is -11.1. The minimum atomic E-state index is 0.541. The van der Waals surface area contributed by atoms with E-state index in [9.17, 15) is 0 Å². The fourth-order valence-electron chi connectivity index (χ4n) is 13.3. The largest absolute Gasteiger partial charge is 0.309 e. The molecule has 0 N–H and O–H groups in total. The van der Waals surface area contributed by atoms with Crippen LogP contribution in [0.25, 0.3) is 184 Å². The molecule has 0 atom stereocenters. The molecule has 7 aromatic heterocycles. The van der Waals surface area contributed by atoms with Crippen molar-refractivity contribution in [1.29, 1.82) is 0 Å². The van der Waals surface area contributed by atoms with Crippen molar-refractivity contribution in [3.05, 3.63) is 267 Å². The quantitative estimate of drug-likeness (QED) is 0.151. The average molecular weight is 1190 g/mol. The lowest BCUT2D eigenvalue weighted by molar-refractivity contribution is 0.954. The molecule has 8 nitrogen and oxygen atoms in total. The van der Waals surface area contributed by atoms with Gasteiger partial charge in [-0.1, -0.05) is 158 Å². The fourth-order valence-corrected chi connectivity index (χ4v) is 16.6. The predicted molar refractivity (Wildman–Crippen MR) is 373 cm³/mol. The number of hydrogen-bond donors (Lipinski definition) is 0. The molecule has 0 fully saturated rings. The normalized spacial score (nSPS) is 12.0. The van der Waals surface area contributed by atoms with E-state index in [0.29, 0.717) is 35.1 Å². The number of aromatic nitrogens is 8. The molecule has 0 aliphatic carbocycles. The maximum atomic E-state index is 5.53. The molecule has 0 radical (unpaired) electrons. The molecule has 19 aromatic rings. The molecule has 12 aromatic carbocycles. The average Bonchev–Trinajstić information content (AvgIpc) is 1.61. The van der Waals surface area contributed by atoms with E-state index >= 15 is 0 Å². The van der Waals surface area contributed by atoms with Crippen LogP contribution in [0.3, 0.4) is 0 Å². The van der Waals surface area contributed by atoms with Crippen LogP contribution in [-0.4, -0.2) is 39.0 Å². The second-order valence-corrected chi connectivity index (χ2v) is 25.8. The fraction of sp³-hybridized carbons (Fsp3) is 0. The zero-order valence-electron chi connectivity index (χ0n) is 47.2. The number of nitrogens with zero attached hydrogens (tertiary/aromatic N) is 8. The number of rotatable bonds is 8. The third kappa shape index (κ3) is 8.03. The van der Waals surface area contributed by atoms with Gasteiger partial charge in [0.25, 0.3) is 0 Å². The summed E-state index contributed by atoms with van der Waals surface area (Å²) in [5.41, 5.74) is 11.8. The molecule has 7 heterocycles. The Bertz CT molecular complexity index is 5940. The van der Waals surface area contributed by atoms with Crippen molar-refractivity contribution in [3.63, 3.8) is 0 Å². The Labute approximate surface area is 520 Å². The molecule has 0 aliphatic heterocycles. The molecular formula is C78H44N8S3. The molecule has 0 unspecified atom stereocenters. The minimum absolute atomic E-state index is 0.541. The van der Waals surface area contributed by atoms with E-state index in [2.05, 4.69) is 240 Å². The summed E-state index contributed by atoms with van der Waals surface area (Å²) in [6, 6.07) is 95.3. The van der Waals surface area contributed by atoms with E-state index in [1.807, 2.05) is 70.4 Å². The van der Waals surface area contributed by atoms with Crippen molar-refractivity contribution < 1.29 is 0 Å². The molecule has 0 amide bonds. The summed E-state index contributed by atoms with van der Waals surface area (Å²) >= 11 is 5.44. The van der Waals surface area contributed by atoms with Crippen LogP contribution in [0.1, 0.15) is 0 Å². The lowest BCUT2D eigenvalue weighted by atomic mass is 9.99. The van der Waals surface area contributed by atoms with E-state index in [4.69, 9.17) is 29.9 Å². The Kier molecular flexibility index (Phi) is 11.1. The molecule has 0 saturated heterocycles. The molecule has 11 heteroatoms. The van der Waals surface area contributed by atoms with Crippen LogP contribution in [0.4, 0.5) is 0 Å². The zero-order valence-corrected chi connectivity index (χ0v) is 49.7.